The molecule has 3 heteroatoms. The number of hydrogen-bond acceptors (Lipinski definition) is 3. The largest absolute Gasteiger partial charge is 0.437 e. The van der Waals surface area contributed by atoms with E-state index in [1.54, 1.807) is 0 Å². The number of nitrogens with zero attached hydrogens (tertiary/aromatic N) is 2. The minimum Gasteiger partial charge on any atom is -0.437 e. The van der Waals surface area contributed by atoms with Crippen LogP contribution in [-0.4, -0.2) is 9.97 Å². The molecule has 0 bridgehead atoms. The number of furan rings is 1. The van der Waals surface area contributed by atoms with Gasteiger partial charge in [-0.1, -0.05) is 45.6 Å². The van der Waals surface area contributed by atoms with Crippen LogP contribution in [0.5, 0.6) is 0 Å². The summed E-state index contributed by atoms with van der Waals surface area (Å²) in [5.74, 6) is 1.30. The molecule has 3 nitrogen and oxygen atoms in total. The van der Waals surface area contributed by atoms with Crippen molar-refractivity contribution in [2.24, 2.45) is 5.92 Å². The molecule has 30 heavy (non-hydrogen) atoms. The lowest BCUT2D eigenvalue weighted by molar-refractivity contribution is 0.542. The van der Waals surface area contributed by atoms with Gasteiger partial charge in [0.15, 0.2) is 0 Å². The highest BCUT2D eigenvalue weighted by Crippen LogP contribution is 2.38. The van der Waals surface area contributed by atoms with Gasteiger partial charge in [-0.15, -0.1) is 0 Å². The Balaban J connectivity index is 1.68. The Morgan fingerprint density at radius 2 is 1.87 bits per heavy atom. The summed E-state index contributed by atoms with van der Waals surface area (Å²) in [6.45, 7) is 8.68. The lowest BCUT2D eigenvalue weighted by atomic mass is 9.90. The molecule has 0 radical (unpaired) electrons. The van der Waals surface area contributed by atoms with Crippen molar-refractivity contribution in [3.8, 4) is 11.3 Å². The summed E-state index contributed by atoms with van der Waals surface area (Å²) in [5, 5.41) is 2.24. The van der Waals surface area contributed by atoms with Crippen LogP contribution in [0.15, 0.2) is 40.9 Å². The lowest BCUT2D eigenvalue weighted by Gasteiger charge is -2.17. The topological polar surface area (TPSA) is 38.9 Å². The zero-order chi connectivity index (χ0) is 20.8. The van der Waals surface area contributed by atoms with E-state index >= 15 is 0 Å². The first-order chi connectivity index (χ1) is 14.5. The maximum Gasteiger partial charge on any atom is 0.227 e. The van der Waals surface area contributed by atoms with Gasteiger partial charge in [-0.2, -0.15) is 0 Å². The molecule has 1 aliphatic carbocycles. The Morgan fingerprint density at radius 3 is 2.63 bits per heavy atom. The maximum absolute atomic E-state index is 6.30. The molecule has 5 rings (SSSR count). The zero-order valence-electron chi connectivity index (χ0n) is 18.5. The van der Waals surface area contributed by atoms with Crippen LogP contribution in [0.25, 0.3) is 33.3 Å². The highest BCUT2D eigenvalue weighted by Gasteiger charge is 2.21. The Labute approximate surface area is 178 Å². The van der Waals surface area contributed by atoms with E-state index in [2.05, 4.69) is 62.3 Å². The third kappa shape index (κ3) is 3.30. The summed E-state index contributed by atoms with van der Waals surface area (Å²) < 4.78 is 6.30. The fraction of sp³-hybridized carbons (Fsp3) is 0.407. The van der Waals surface area contributed by atoms with Gasteiger partial charge in [0.25, 0.3) is 0 Å². The molecule has 1 fully saturated rings. The molecular formula is C27H30N2O. The van der Waals surface area contributed by atoms with Gasteiger partial charge in [0.1, 0.15) is 5.58 Å². The number of fused-ring (bicyclic) bond motifs is 3. The molecular weight excluding hydrogens is 368 g/mol. The first-order valence-corrected chi connectivity index (χ1v) is 11.3. The van der Waals surface area contributed by atoms with Crippen molar-refractivity contribution >= 4 is 22.1 Å². The second-order valence-electron chi connectivity index (χ2n) is 9.32. The van der Waals surface area contributed by atoms with Crippen molar-refractivity contribution in [3.05, 3.63) is 58.9 Å². The standard InChI is InChI=1S/C27H30N2O/c1-16(2)23-15-28-24(14-20(23)13-19-7-5-6-8-19)21-11-9-17(3)25-22-12-10-18(4)29-27(22)30-26(21)25/h9-12,14-16,19H,5-8,13H2,1-4H3. The molecule has 1 aromatic carbocycles. The second-order valence-corrected chi connectivity index (χ2v) is 9.32. The number of aromatic nitrogens is 2. The van der Waals surface area contributed by atoms with Gasteiger partial charge in [-0.3, -0.25) is 4.98 Å². The van der Waals surface area contributed by atoms with Crippen molar-refractivity contribution < 1.29 is 4.42 Å². The van der Waals surface area contributed by atoms with Crippen LogP contribution >= 0.6 is 0 Å². The van der Waals surface area contributed by atoms with Crippen LogP contribution in [0.1, 0.15) is 67.8 Å². The summed E-state index contributed by atoms with van der Waals surface area (Å²) in [5.41, 5.74) is 8.71. The number of hydrogen-bond donors (Lipinski definition) is 0. The molecule has 0 saturated heterocycles. The molecule has 0 N–H and O–H groups in total. The monoisotopic (exact) mass is 398 g/mol. The maximum atomic E-state index is 6.30. The molecule has 1 saturated carbocycles. The summed E-state index contributed by atoms with van der Waals surface area (Å²) in [6, 6.07) is 10.8. The second kappa shape index (κ2) is 7.54. The number of rotatable bonds is 4. The normalized spacial score (nSPS) is 15.1. The van der Waals surface area contributed by atoms with Crippen LogP contribution in [0.2, 0.25) is 0 Å². The van der Waals surface area contributed by atoms with Crippen molar-refractivity contribution in [3.63, 3.8) is 0 Å². The third-order valence-electron chi connectivity index (χ3n) is 6.74. The van der Waals surface area contributed by atoms with Crippen molar-refractivity contribution in [1.29, 1.82) is 0 Å². The van der Waals surface area contributed by atoms with E-state index in [1.807, 2.05) is 6.92 Å². The van der Waals surface area contributed by atoms with Crippen LogP contribution in [0.3, 0.4) is 0 Å². The number of benzene rings is 1. The van der Waals surface area contributed by atoms with E-state index in [0.717, 1.165) is 39.2 Å². The average Bonchev–Trinajstić information content (AvgIpc) is 3.35. The molecule has 0 spiro atoms. The molecule has 154 valence electrons. The van der Waals surface area contributed by atoms with E-state index in [4.69, 9.17) is 9.40 Å². The minimum atomic E-state index is 0.486. The molecule has 3 heterocycles. The smallest absolute Gasteiger partial charge is 0.227 e. The summed E-state index contributed by atoms with van der Waals surface area (Å²) in [4.78, 5) is 9.52. The van der Waals surface area contributed by atoms with Gasteiger partial charge in [-0.05, 0) is 73.1 Å². The molecule has 0 amide bonds. The first-order valence-electron chi connectivity index (χ1n) is 11.3. The highest BCUT2D eigenvalue weighted by atomic mass is 16.3. The van der Waals surface area contributed by atoms with Gasteiger partial charge >= 0.3 is 0 Å². The molecule has 0 unspecified atom stereocenters. The van der Waals surface area contributed by atoms with Crippen LogP contribution < -0.4 is 0 Å². The quantitative estimate of drug-likeness (QED) is 0.357. The van der Waals surface area contributed by atoms with Crippen LogP contribution in [0.4, 0.5) is 0 Å². The Morgan fingerprint density at radius 1 is 1.07 bits per heavy atom. The van der Waals surface area contributed by atoms with E-state index < -0.39 is 0 Å². The average molecular weight is 399 g/mol. The minimum absolute atomic E-state index is 0.486. The fourth-order valence-electron chi connectivity index (χ4n) is 5.10. The predicted octanol–water partition coefficient (Wildman–Crippen LogP) is 7.52. The van der Waals surface area contributed by atoms with Crippen molar-refractivity contribution in [2.75, 3.05) is 0 Å². The van der Waals surface area contributed by atoms with Crippen LogP contribution in [-0.2, 0) is 6.42 Å². The molecule has 0 aliphatic heterocycles. The van der Waals surface area contributed by atoms with Gasteiger partial charge in [0, 0.05) is 28.2 Å². The molecule has 3 aromatic heterocycles. The Hall–Kier alpha value is -2.68. The van der Waals surface area contributed by atoms with Crippen LogP contribution in [0, 0.1) is 19.8 Å². The molecule has 1 aliphatic rings. The van der Waals surface area contributed by atoms with Gasteiger partial charge in [0.2, 0.25) is 5.71 Å². The third-order valence-corrected chi connectivity index (χ3v) is 6.74. The van der Waals surface area contributed by atoms with Gasteiger partial charge in [-0.25, -0.2) is 4.98 Å². The lowest BCUT2D eigenvalue weighted by Crippen LogP contribution is -2.05. The van der Waals surface area contributed by atoms with Gasteiger partial charge < -0.3 is 4.42 Å². The van der Waals surface area contributed by atoms with Gasteiger partial charge in [0.05, 0.1) is 5.69 Å². The fourth-order valence-corrected chi connectivity index (χ4v) is 5.10. The van der Waals surface area contributed by atoms with Crippen molar-refractivity contribution in [2.45, 2.75) is 65.7 Å². The molecule has 4 aromatic rings. The summed E-state index contributed by atoms with van der Waals surface area (Å²) in [6.07, 6.45) is 8.74. The zero-order valence-corrected chi connectivity index (χ0v) is 18.5. The number of aryl methyl sites for hydroxylation is 2. The SMILES string of the molecule is Cc1ccc2c(n1)oc1c(-c3cc(CC4CCCC4)c(C(C)C)cn3)ccc(C)c12. The highest BCUT2D eigenvalue weighted by molar-refractivity contribution is 6.10. The Bertz CT molecular complexity index is 1230. The summed E-state index contributed by atoms with van der Waals surface area (Å²) in [7, 11) is 0. The summed E-state index contributed by atoms with van der Waals surface area (Å²) >= 11 is 0. The van der Waals surface area contributed by atoms with E-state index in [9.17, 15) is 0 Å². The Kier molecular flexibility index (Phi) is 4.85. The first kappa shape index (κ1) is 19.3. The van der Waals surface area contributed by atoms with E-state index in [-0.39, 0.29) is 0 Å². The number of pyridine rings is 2. The predicted molar refractivity (Wildman–Crippen MR) is 124 cm³/mol. The molecule has 0 atom stereocenters. The van der Waals surface area contributed by atoms with Crippen molar-refractivity contribution in [1.82, 2.24) is 9.97 Å². The van der Waals surface area contributed by atoms with E-state index in [1.165, 1.54) is 48.8 Å². The van der Waals surface area contributed by atoms with E-state index in [0.29, 0.717) is 11.6 Å².